The highest BCUT2D eigenvalue weighted by Gasteiger charge is 2.23. The molecular weight excluding hydrogens is 372 g/mol. The highest BCUT2D eigenvalue weighted by Crippen LogP contribution is 2.15. The molecule has 1 aliphatic heterocycles. The Labute approximate surface area is 169 Å². The van der Waals surface area contributed by atoms with Gasteiger partial charge in [-0.15, -0.1) is 0 Å². The first kappa shape index (κ1) is 20.6. The third kappa shape index (κ3) is 5.66. The van der Waals surface area contributed by atoms with Crippen molar-refractivity contribution < 1.29 is 14.3 Å². The minimum atomic E-state index is -0.391. The Morgan fingerprint density at radius 2 is 2.03 bits per heavy atom. The van der Waals surface area contributed by atoms with Gasteiger partial charge in [0.25, 0.3) is 5.56 Å². The van der Waals surface area contributed by atoms with E-state index in [2.05, 4.69) is 22.5 Å². The lowest BCUT2D eigenvalue weighted by molar-refractivity contribution is -0.121. The molecule has 2 aromatic rings. The van der Waals surface area contributed by atoms with Gasteiger partial charge >= 0.3 is 6.09 Å². The van der Waals surface area contributed by atoms with Crippen LogP contribution >= 0.6 is 0 Å². The van der Waals surface area contributed by atoms with Gasteiger partial charge in [-0.2, -0.15) is 5.10 Å². The number of amides is 2. The number of nitrogens with one attached hydrogen (secondary N) is 1. The molecule has 0 spiro atoms. The van der Waals surface area contributed by atoms with E-state index in [0.29, 0.717) is 38.2 Å². The fraction of sp³-hybridized carbons (Fsp3) is 0.429. The van der Waals surface area contributed by atoms with Gasteiger partial charge in [0.05, 0.1) is 18.8 Å². The molecule has 0 unspecified atom stereocenters. The summed E-state index contributed by atoms with van der Waals surface area (Å²) in [6.45, 7) is 3.26. The Balaban J connectivity index is 1.52. The number of carbonyl (C=O) groups is 2. The molecule has 0 fully saturated rings. The molecule has 1 aromatic heterocycles. The Kier molecular flexibility index (Phi) is 6.99. The summed E-state index contributed by atoms with van der Waals surface area (Å²) in [7, 11) is 0. The van der Waals surface area contributed by atoms with Crippen LogP contribution in [0.4, 0.5) is 4.79 Å². The Morgan fingerprint density at radius 3 is 2.79 bits per heavy atom. The molecule has 0 radical (unpaired) electrons. The first-order valence-electron chi connectivity index (χ1n) is 9.89. The summed E-state index contributed by atoms with van der Waals surface area (Å²) in [5.41, 5.74) is 2.32. The number of aryl methyl sites for hydroxylation is 1. The predicted molar refractivity (Wildman–Crippen MR) is 107 cm³/mol. The zero-order valence-corrected chi connectivity index (χ0v) is 16.6. The monoisotopic (exact) mass is 398 g/mol. The second-order valence-electron chi connectivity index (χ2n) is 6.92. The molecule has 8 heteroatoms. The SMILES string of the molecule is CCOC(=O)N1CCc2nn(CC(=O)NCCCc3ccccc3)c(=O)cc2C1. The third-order valence-electron chi connectivity index (χ3n) is 4.77. The largest absolute Gasteiger partial charge is 0.450 e. The maximum absolute atomic E-state index is 12.3. The van der Waals surface area contributed by atoms with Crippen LogP contribution in [0, 0.1) is 0 Å². The Bertz CT molecular complexity index is 911. The van der Waals surface area contributed by atoms with E-state index in [0.717, 1.165) is 18.5 Å². The minimum absolute atomic E-state index is 0.112. The smallest absolute Gasteiger partial charge is 0.410 e. The van der Waals surface area contributed by atoms with Gasteiger partial charge in [-0.3, -0.25) is 9.59 Å². The van der Waals surface area contributed by atoms with Crippen LogP contribution in [0.5, 0.6) is 0 Å². The first-order chi connectivity index (χ1) is 14.1. The van der Waals surface area contributed by atoms with Crippen LogP contribution in [-0.4, -0.2) is 46.4 Å². The molecule has 2 heterocycles. The molecule has 1 N–H and O–H groups in total. The molecular formula is C21H26N4O4. The van der Waals surface area contributed by atoms with Crippen molar-refractivity contribution >= 4 is 12.0 Å². The predicted octanol–water partition coefficient (Wildman–Crippen LogP) is 1.51. The molecule has 0 saturated heterocycles. The fourth-order valence-corrected chi connectivity index (χ4v) is 3.28. The summed E-state index contributed by atoms with van der Waals surface area (Å²) < 4.78 is 6.19. The van der Waals surface area contributed by atoms with Gasteiger partial charge in [-0.25, -0.2) is 9.48 Å². The van der Waals surface area contributed by atoms with Crippen molar-refractivity contribution in [2.24, 2.45) is 0 Å². The zero-order chi connectivity index (χ0) is 20.6. The molecule has 154 valence electrons. The number of ether oxygens (including phenoxy) is 1. The second-order valence-corrected chi connectivity index (χ2v) is 6.92. The third-order valence-corrected chi connectivity index (χ3v) is 4.77. The lowest BCUT2D eigenvalue weighted by Gasteiger charge is -2.27. The number of rotatable bonds is 7. The summed E-state index contributed by atoms with van der Waals surface area (Å²) in [4.78, 5) is 37.9. The average molecular weight is 398 g/mol. The molecule has 0 atom stereocenters. The van der Waals surface area contributed by atoms with Crippen LogP contribution in [0.3, 0.4) is 0 Å². The molecule has 0 saturated carbocycles. The number of aromatic nitrogens is 2. The van der Waals surface area contributed by atoms with E-state index >= 15 is 0 Å². The highest BCUT2D eigenvalue weighted by molar-refractivity contribution is 5.75. The van der Waals surface area contributed by atoms with Crippen LogP contribution in [0.2, 0.25) is 0 Å². The summed E-state index contributed by atoms with van der Waals surface area (Å²) in [6.07, 6.45) is 1.84. The van der Waals surface area contributed by atoms with Gasteiger partial charge in [0.1, 0.15) is 6.54 Å². The van der Waals surface area contributed by atoms with E-state index in [1.54, 1.807) is 11.8 Å². The maximum atomic E-state index is 12.3. The lowest BCUT2D eigenvalue weighted by atomic mass is 10.1. The van der Waals surface area contributed by atoms with E-state index in [-0.39, 0.29) is 18.0 Å². The number of nitrogens with zero attached hydrogens (tertiary/aromatic N) is 3. The molecule has 29 heavy (non-hydrogen) atoms. The number of carbonyl (C=O) groups excluding carboxylic acids is 2. The fourth-order valence-electron chi connectivity index (χ4n) is 3.28. The molecule has 1 aromatic carbocycles. The van der Waals surface area contributed by atoms with E-state index in [1.807, 2.05) is 18.2 Å². The minimum Gasteiger partial charge on any atom is -0.450 e. The van der Waals surface area contributed by atoms with Crippen molar-refractivity contribution in [1.82, 2.24) is 20.0 Å². The van der Waals surface area contributed by atoms with Crippen LogP contribution in [0.15, 0.2) is 41.2 Å². The zero-order valence-electron chi connectivity index (χ0n) is 16.6. The van der Waals surface area contributed by atoms with E-state index in [1.165, 1.54) is 16.3 Å². The van der Waals surface area contributed by atoms with Crippen molar-refractivity contribution in [3.8, 4) is 0 Å². The van der Waals surface area contributed by atoms with Crippen LogP contribution < -0.4 is 10.9 Å². The number of fused-ring (bicyclic) bond motifs is 1. The van der Waals surface area contributed by atoms with Crippen molar-refractivity contribution in [2.45, 2.75) is 39.3 Å². The molecule has 1 aliphatic rings. The van der Waals surface area contributed by atoms with Gasteiger partial charge in [-0.1, -0.05) is 30.3 Å². The first-order valence-corrected chi connectivity index (χ1v) is 9.89. The molecule has 2 amide bonds. The quantitative estimate of drug-likeness (QED) is 0.714. The van der Waals surface area contributed by atoms with Crippen molar-refractivity contribution in [3.63, 3.8) is 0 Å². The summed E-state index contributed by atoms with van der Waals surface area (Å²) in [5.74, 6) is -0.239. The Hall–Kier alpha value is -3.16. The average Bonchev–Trinajstić information content (AvgIpc) is 2.72. The Morgan fingerprint density at radius 1 is 1.24 bits per heavy atom. The van der Waals surface area contributed by atoms with Crippen LogP contribution in [-0.2, 0) is 35.5 Å². The van der Waals surface area contributed by atoms with Crippen molar-refractivity contribution in [2.75, 3.05) is 19.7 Å². The van der Waals surface area contributed by atoms with E-state index in [4.69, 9.17) is 4.74 Å². The van der Waals surface area contributed by atoms with Gasteiger partial charge in [-0.05, 0) is 25.3 Å². The number of benzene rings is 1. The van der Waals surface area contributed by atoms with Crippen LogP contribution in [0.1, 0.15) is 30.2 Å². The molecule has 3 rings (SSSR count). The molecule has 8 nitrogen and oxygen atoms in total. The topological polar surface area (TPSA) is 93.5 Å². The standard InChI is InChI=1S/C21H26N4O4/c1-2-29-21(28)24-12-10-18-17(14-24)13-20(27)25(23-18)15-19(26)22-11-6-9-16-7-4-3-5-8-16/h3-5,7-8,13H,2,6,9-12,14-15H2,1H3,(H,22,26). The van der Waals surface area contributed by atoms with E-state index in [9.17, 15) is 14.4 Å². The second kappa shape index (κ2) is 9.86. The van der Waals surface area contributed by atoms with Crippen LogP contribution in [0.25, 0.3) is 0 Å². The van der Waals surface area contributed by atoms with Crippen molar-refractivity contribution in [3.05, 3.63) is 63.6 Å². The maximum Gasteiger partial charge on any atom is 0.410 e. The molecule has 0 aliphatic carbocycles. The summed E-state index contributed by atoms with van der Waals surface area (Å²) >= 11 is 0. The normalized spacial score (nSPS) is 12.9. The summed E-state index contributed by atoms with van der Waals surface area (Å²) in [5, 5.41) is 7.17. The van der Waals surface area contributed by atoms with Gasteiger partial charge < -0.3 is 15.0 Å². The van der Waals surface area contributed by atoms with Crippen molar-refractivity contribution in [1.29, 1.82) is 0 Å². The van der Waals surface area contributed by atoms with Gasteiger partial charge in [0, 0.05) is 31.1 Å². The van der Waals surface area contributed by atoms with Gasteiger partial charge in [0.15, 0.2) is 0 Å². The van der Waals surface area contributed by atoms with Gasteiger partial charge in [0.2, 0.25) is 5.91 Å². The number of hydrogen-bond acceptors (Lipinski definition) is 5. The lowest BCUT2D eigenvalue weighted by Crippen LogP contribution is -2.40. The van der Waals surface area contributed by atoms with E-state index < -0.39 is 6.09 Å². The molecule has 0 bridgehead atoms. The highest BCUT2D eigenvalue weighted by atomic mass is 16.6. The number of hydrogen-bond donors (Lipinski definition) is 1. The summed E-state index contributed by atoms with van der Waals surface area (Å²) in [6, 6.07) is 11.5.